The Morgan fingerprint density at radius 1 is 1.07 bits per heavy atom. The number of amides is 1. The Balaban J connectivity index is 1.79. The molecule has 1 amide bonds. The summed E-state index contributed by atoms with van der Waals surface area (Å²) >= 11 is 0. The lowest BCUT2D eigenvalue weighted by molar-refractivity contribution is 0.0935. The Hall–Kier alpha value is -2.75. The summed E-state index contributed by atoms with van der Waals surface area (Å²) in [4.78, 5) is 22.4. The van der Waals surface area contributed by atoms with Crippen molar-refractivity contribution in [3.05, 3.63) is 59.4 Å². The Morgan fingerprint density at radius 2 is 1.86 bits per heavy atom. The Labute approximate surface area is 166 Å². The summed E-state index contributed by atoms with van der Waals surface area (Å²) in [6.45, 7) is 4.16. The fourth-order valence-corrected chi connectivity index (χ4v) is 4.07. The van der Waals surface area contributed by atoms with E-state index in [0.717, 1.165) is 40.6 Å². The van der Waals surface area contributed by atoms with Crippen molar-refractivity contribution in [1.82, 2.24) is 15.3 Å². The van der Waals surface area contributed by atoms with Crippen LogP contribution in [0.1, 0.15) is 60.0 Å². The van der Waals surface area contributed by atoms with Gasteiger partial charge in [0.2, 0.25) is 0 Å². The minimum absolute atomic E-state index is 0.00712. The number of fused-ring (bicyclic) bond motifs is 1. The average Bonchev–Trinajstić information content (AvgIpc) is 2.99. The molecule has 1 aliphatic rings. The largest absolute Gasteiger partial charge is 0.349 e. The van der Waals surface area contributed by atoms with Crippen LogP contribution in [0.5, 0.6) is 0 Å². The first-order chi connectivity index (χ1) is 13.6. The number of hydrogen-bond donors (Lipinski definition) is 1. The number of carbonyl (C=O) groups excluding carboxylic acids is 1. The highest BCUT2D eigenvalue weighted by atomic mass is 16.1. The number of rotatable bonds is 3. The van der Waals surface area contributed by atoms with Crippen LogP contribution in [0.2, 0.25) is 0 Å². The summed E-state index contributed by atoms with van der Waals surface area (Å²) < 4.78 is 0. The van der Waals surface area contributed by atoms with Gasteiger partial charge in [0.25, 0.3) is 5.91 Å². The number of aromatic nitrogens is 2. The van der Waals surface area contributed by atoms with E-state index in [1.54, 1.807) is 12.4 Å². The van der Waals surface area contributed by atoms with Gasteiger partial charge in [0.15, 0.2) is 0 Å². The van der Waals surface area contributed by atoms with Crippen molar-refractivity contribution in [1.29, 1.82) is 0 Å². The number of aryl methyl sites for hydroxylation is 2. The number of hydrogen-bond acceptors (Lipinski definition) is 3. The molecule has 0 bridgehead atoms. The molecule has 2 heterocycles. The van der Waals surface area contributed by atoms with E-state index in [1.165, 1.54) is 31.2 Å². The van der Waals surface area contributed by atoms with E-state index < -0.39 is 0 Å². The normalized spacial score (nSPS) is 15.4. The van der Waals surface area contributed by atoms with E-state index in [4.69, 9.17) is 4.98 Å². The van der Waals surface area contributed by atoms with Gasteiger partial charge in [-0.1, -0.05) is 37.8 Å². The van der Waals surface area contributed by atoms with Gasteiger partial charge >= 0.3 is 0 Å². The van der Waals surface area contributed by atoms with Gasteiger partial charge in [-0.25, -0.2) is 4.98 Å². The van der Waals surface area contributed by atoms with Crippen molar-refractivity contribution in [3.8, 4) is 11.3 Å². The molecule has 0 saturated heterocycles. The summed E-state index contributed by atoms with van der Waals surface area (Å²) in [5.41, 5.74) is 5.61. The monoisotopic (exact) mass is 373 g/mol. The van der Waals surface area contributed by atoms with Crippen LogP contribution in [0.4, 0.5) is 0 Å². The SMILES string of the molecule is Cc1ccc2c(C(=O)NC3CCCCCC3)cc(-c3cccnc3)nc2c1C. The maximum absolute atomic E-state index is 13.3. The van der Waals surface area contributed by atoms with Crippen LogP contribution in [0.15, 0.2) is 42.7 Å². The van der Waals surface area contributed by atoms with Gasteiger partial charge in [0, 0.05) is 29.4 Å². The van der Waals surface area contributed by atoms with Crippen molar-refractivity contribution in [2.45, 2.75) is 58.4 Å². The lowest BCUT2D eigenvalue weighted by atomic mass is 9.98. The standard InChI is InChI=1S/C24H27N3O/c1-16-11-12-20-21(24(28)26-19-9-5-3-4-6-10-19)14-22(27-23(20)17(16)2)18-8-7-13-25-15-18/h7-8,11-15,19H,3-6,9-10H2,1-2H3,(H,26,28). The summed E-state index contributed by atoms with van der Waals surface area (Å²) in [6, 6.07) is 10.2. The van der Waals surface area contributed by atoms with E-state index in [2.05, 4.69) is 30.2 Å². The summed E-state index contributed by atoms with van der Waals surface area (Å²) in [7, 11) is 0. The number of nitrogens with zero attached hydrogens (tertiary/aromatic N) is 2. The molecule has 1 aliphatic carbocycles. The molecular formula is C24H27N3O. The van der Waals surface area contributed by atoms with Gasteiger partial charge in [-0.05, 0) is 56.0 Å². The van der Waals surface area contributed by atoms with Crippen molar-refractivity contribution < 1.29 is 4.79 Å². The molecule has 0 atom stereocenters. The Bertz CT molecular complexity index is 990. The van der Waals surface area contributed by atoms with Crippen LogP contribution in [0, 0.1) is 13.8 Å². The van der Waals surface area contributed by atoms with Gasteiger partial charge < -0.3 is 5.32 Å². The third-order valence-electron chi connectivity index (χ3n) is 5.90. The molecule has 4 nitrogen and oxygen atoms in total. The van der Waals surface area contributed by atoms with Crippen LogP contribution in [-0.4, -0.2) is 21.9 Å². The van der Waals surface area contributed by atoms with E-state index in [0.29, 0.717) is 5.56 Å². The van der Waals surface area contributed by atoms with Gasteiger partial charge in [0.1, 0.15) is 0 Å². The second kappa shape index (κ2) is 8.09. The molecule has 1 fully saturated rings. The number of carbonyl (C=O) groups is 1. The first kappa shape index (κ1) is 18.6. The highest BCUT2D eigenvalue weighted by Gasteiger charge is 2.20. The van der Waals surface area contributed by atoms with E-state index >= 15 is 0 Å². The number of pyridine rings is 2. The van der Waals surface area contributed by atoms with Gasteiger partial charge in [-0.2, -0.15) is 0 Å². The summed E-state index contributed by atoms with van der Waals surface area (Å²) in [5, 5.41) is 4.22. The fraction of sp³-hybridized carbons (Fsp3) is 0.375. The molecule has 1 saturated carbocycles. The third-order valence-corrected chi connectivity index (χ3v) is 5.90. The van der Waals surface area contributed by atoms with Crippen LogP contribution >= 0.6 is 0 Å². The minimum Gasteiger partial charge on any atom is -0.349 e. The molecular weight excluding hydrogens is 346 g/mol. The molecule has 3 aromatic rings. The van der Waals surface area contributed by atoms with Crippen molar-refractivity contribution >= 4 is 16.8 Å². The molecule has 4 rings (SSSR count). The second-order valence-electron chi connectivity index (χ2n) is 7.86. The first-order valence-corrected chi connectivity index (χ1v) is 10.3. The third kappa shape index (κ3) is 3.77. The molecule has 0 unspecified atom stereocenters. The minimum atomic E-state index is 0.00712. The molecule has 1 aromatic carbocycles. The van der Waals surface area contributed by atoms with E-state index in [1.807, 2.05) is 24.3 Å². The predicted molar refractivity (Wildman–Crippen MR) is 113 cm³/mol. The Morgan fingerprint density at radius 3 is 2.57 bits per heavy atom. The second-order valence-corrected chi connectivity index (χ2v) is 7.86. The smallest absolute Gasteiger partial charge is 0.252 e. The maximum Gasteiger partial charge on any atom is 0.252 e. The molecule has 2 aromatic heterocycles. The van der Waals surface area contributed by atoms with Crippen LogP contribution < -0.4 is 5.32 Å². The number of benzene rings is 1. The van der Waals surface area contributed by atoms with Crippen LogP contribution in [0.25, 0.3) is 22.2 Å². The van der Waals surface area contributed by atoms with E-state index in [-0.39, 0.29) is 11.9 Å². The van der Waals surface area contributed by atoms with Gasteiger partial charge in [-0.15, -0.1) is 0 Å². The zero-order valence-electron chi connectivity index (χ0n) is 16.7. The highest BCUT2D eigenvalue weighted by molar-refractivity contribution is 6.08. The molecule has 0 spiro atoms. The lowest BCUT2D eigenvalue weighted by Gasteiger charge is -2.18. The topological polar surface area (TPSA) is 54.9 Å². The van der Waals surface area contributed by atoms with E-state index in [9.17, 15) is 4.79 Å². The molecule has 0 aliphatic heterocycles. The zero-order valence-corrected chi connectivity index (χ0v) is 16.7. The molecule has 28 heavy (non-hydrogen) atoms. The summed E-state index contributed by atoms with van der Waals surface area (Å²) in [5.74, 6) is 0.00712. The predicted octanol–water partition coefficient (Wildman–Crippen LogP) is 5.37. The van der Waals surface area contributed by atoms with Gasteiger partial charge in [0.05, 0.1) is 16.8 Å². The van der Waals surface area contributed by atoms with Gasteiger partial charge in [-0.3, -0.25) is 9.78 Å². The molecule has 4 heteroatoms. The zero-order chi connectivity index (χ0) is 19.5. The lowest BCUT2D eigenvalue weighted by Crippen LogP contribution is -2.34. The Kier molecular flexibility index (Phi) is 5.38. The molecule has 1 N–H and O–H groups in total. The maximum atomic E-state index is 13.3. The molecule has 0 radical (unpaired) electrons. The van der Waals surface area contributed by atoms with Crippen LogP contribution in [0.3, 0.4) is 0 Å². The number of nitrogens with one attached hydrogen (secondary N) is 1. The van der Waals surface area contributed by atoms with Crippen molar-refractivity contribution in [3.63, 3.8) is 0 Å². The molecule has 144 valence electrons. The first-order valence-electron chi connectivity index (χ1n) is 10.3. The quantitative estimate of drug-likeness (QED) is 0.628. The van der Waals surface area contributed by atoms with Crippen molar-refractivity contribution in [2.24, 2.45) is 0 Å². The summed E-state index contributed by atoms with van der Waals surface area (Å²) in [6.07, 6.45) is 10.6. The van der Waals surface area contributed by atoms with Crippen LogP contribution in [-0.2, 0) is 0 Å². The highest BCUT2D eigenvalue weighted by Crippen LogP contribution is 2.28. The average molecular weight is 374 g/mol. The van der Waals surface area contributed by atoms with Crippen molar-refractivity contribution in [2.75, 3.05) is 0 Å². The fourth-order valence-electron chi connectivity index (χ4n) is 4.07.